The lowest BCUT2D eigenvalue weighted by Crippen LogP contribution is -2.30. The quantitative estimate of drug-likeness (QED) is 0.0261. The summed E-state index contributed by atoms with van der Waals surface area (Å²) in [5, 5.41) is 0. The molecule has 6 heteroatoms. The molecular weight excluding hydrogens is 997 g/mol. The minimum Gasteiger partial charge on any atom is -0.462 e. The number of carbonyl (C=O) groups excluding carboxylic acids is 3. The summed E-state index contributed by atoms with van der Waals surface area (Å²) in [5.41, 5.74) is 0. The number of ether oxygens (including phenoxy) is 3. The highest BCUT2D eigenvalue weighted by atomic mass is 16.6. The van der Waals surface area contributed by atoms with E-state index in [1.54, 1.807) is 0 Å². The van der Waals surface area contributed by atoms with Crippen molar-refractivity contribution in [2.24, 2.45) is 0 Å². The summed E-state index contributed by atoms with van der Waals surface area (Å²) in [7, 11) is 0. The minimum atomic E-state index is -0.779. The van der Waals surface area contributed by atoms with Gasteiger partial charge in [-0.1, -0.05) is 339 Å². The van der Waals surface area contributed by atoms with Crippen LogP contribution in [0.2, 0.25) is 0 Å². The molecule has 0 N–H and O–H groups in total. The van der Waals surface area contributed by atoms with E-state index in [4.69, 9.17) is 14.2 Å². The first-order valence-electron chi connectivity index (χ1n) is 36.1. The summed E-state index contributed by atoms with van der Waals surface area (Å²) in [6.07, 6.45) is 88.5. The van der Waals surface area contributed by atoms with E-state index in [-0.39, 0.29) is 31.1 Å². The molecule has 0 heterocycles. The van der Waals surface area contributed by atoms with Crippen LogP contribution in [0.5, 0.6) is 0 Å². The number of hydrogen-bond donors (Lipinski definition) is 0. The van der Waals surface area contributed by atoms with Crippen molar-refractivity contribution in [1.82, 2.24) is 0 Å². The van der Waals surface area contributed by atoms with Crippen LogP contribution >= 0.6 is 0 Å². The number of unbranched alkanes of at least 4 members (excludes halogenated alkanes) is 48. The highest BCUT2D eigenvalue weighted by molar-refractivity contribution is 5.71. The van der Waals surface area contributed by atoms with Crippen molar-refractivity contribution in [3.05, 3.63) is 48.6 Å². The van der Waals surface area contributed by atoms with Gasteiger partial charge in [-0.2, -0.15) is 0 Å². The topological polar surface area (TPSA) is 78.9 Å². The molecule has 0 saturated carbocycles. The predicted octanol–water partition coefficient (Wildman–Crippen LogP) is 24.9. The van der Waals surface area contributed by atoms with Crippen LogP contribution in [0, 0.1) is 0 Å². The van der Waals surface area contributed by atoms with E-state index in [1.165, 1.54) is 276 Å². The fourth-order valence-corrected chi connectivity index (χ4v) is 10.9. The second-order valence-electron chi connectivity index (χ2n) is 24.5. The third-order valence-electron chi connectivity index (χ3n) is 16.3. The van der Waals surface area contributed by atoms with E-state index in [0.717, 1.165) is 77.0 Å². The van der Waals surface area contributed by atoms with Crippen LogP contribution in [-0.4, -0.2) is 37.2 Å². The molecule has 0 radical (unpaired) electrons. The van der Waals surface area contributed by atoms with E-state index < -0.39 is 6.10 Å². The lowest BCUT2D eigenvalue weighted by Gasteiger charge is -2.18. The van der Waals surface area contributed by atoms with Crippen LogP contribution in [0.15, 0.2) is 48.6 Å². The van der Waals surface area contributed by atoms with Crippen LogP contribution < -0.4 is 0 Å². The van der Waals surface area contributed by atoms with Gasteiger partial charge in [-0.05, 0) is 83.5 Å². The summed E-state index contributed by atoms with van der Waals surface area (Å²) in [6.45, 7) is 6.68. The molecule has 1 atom stereocenters. The fourth-order valence-electron chi connectivity index (χ4n) is 10.9. The Balaban J connectivity index is 4.33. The Morgan fingerprint density at radius 3 is 0.728 bits per heavy atom. The molecule has 6 nitrogen and oxygen atoms in total. The molecule has 0 aliphatic carbocycles. The number of rotatable bonds is 67. The Morgan fingerprint density at radius 2 is 0.444 bits per heavy atom. The lowest BCUT2D eigenvalue weighted by atomic mass is 10.0. The van der Waals surface area contributed by atoms with E-state index in [1.807, 2.05) is 0 Å². The molecule has 0 aromatic rings. The molecule has 0 fully saturated rings. The minimum absolute atomic E-state index is 0.0735. The van der Waals surface area contributed by atoms with Crippen LogP contribution in [0.25, 0.3) is 0 Å². The third kappa shape index (κ3) is 68.0. The zero-order valence-corrected chi connectivity index (χ0v) is 54.6. The second-order valence-corrected chi connectivity index (χ2v) is 24.5. The van der Waals surface area contributed by atoms with Gasteiger partial charge < -0.3 is 14.2 Å². The summed E-state index contributed by atoms with van der Waals surface area (Å²) < 4.78 is 17.0. The van der Waals surface area contributed by atoms with Crippen molar-refractivity contribution in [3.8, 4) is 0 Å². The first-order valence-corrected chi connectivity index (χ1v) is 36.1. The van der Waals surface area contributed by atoms with Gasteiger partial charge in [0, 0.05) is 19.3 Å². The molecule has 0 aromatic carbocycles. The standard InChI is InChI=1S/C75H138O6/c1-4-7-10-13-16-19-22-25-28-31-34-36-37-39-41-44-47-50-53-56-59-62-65-68-74(77)80-71-72(70-79-73(76)67-64-61-58-55-52-49-46-43-40-33-30-27-24-21-18-15-12-9-6-3)81-75(78)69-66-63-60-57-54-51-48-45-42-38-35-32-29-26-23-20-17-14-11-8-5-2/h18,21,27,30-31,34,40,43,72H,4-17,19-20,22-26,28-29,32-33,35-39,41-42,44-71H2,1-3H3/b21-18-,30-27-,34-31-,43-40-. The Labute approximate surface area is 505 Å². The lowest BCUT2D eigenvalue weighted by molar-refractivity contribution is -0.167. The summed E-state index contributed by atoms with van der Waals surface area (Å²) in [4.78, 5) is 38.5. The SMILES string of the molecule is CCCCC/C=C\C/C=C\C/C=C\CCCCCCCCC(=O)OCC(COC(=O)CCCCCCCCCCCCC/C=C\CCCCCCCCCC)OC(=O)CCCCCCCCCCCCCCCCCCCCCCC. The number of allylic oxidation sites excluding steroid dienone is 8. The summed E-state index contributed by atoms with van der Waals surface area (Å²) >= 11 is 0. The van der Waals surface area contributed by atoms with Gasteiger partial charge in [-0.3, -0.25) is 14.4 Å². The van der Waals surface area contributed by atoms with Crippen LogP contribution in [0.4, 0.5) is 0 Å². The maximum absolute atomic E-state index is 13.0. The molecule has 81 heavy (non-hydrogen) atoms. The predicted molar refractivity (Wildman–Crippen MR) is 353 cm³/mol. The van der Waals surface area contributed by atoms with Gasteiger partial charge in [0.15, 0.2) is 6.10 Å². The van der Waals surface area contributed by atoms with Crippen molar-refractivity contribution < 1.29 is 28.6 Å². The summed E-state index contributed by atoms with van der Waals surface area (Å²) in [5.74, 6) is -0.858. The monoisotopic (exact) mass is 1140 g/mol. The van der Waals surface area contributed by atoms with Crippen molar-refractivity contribution >= 4 is 17.9 Å². The molecule has 0 aliphatic rings. The Kier molecular flexibility index (Phi) is 67.6. The number of hydrogen-bond acceptors (Lipinski definition) is 6. The van der Waals surface area contributed by atoms with Gasteiger partial charge in [0.05, 0.1) is 0 Å². The average Bonchev–Trinajstić information content (AvgIpc) is 3.47. The van der Waals surface area contributed by atoms with E-state index in [2.05, 4.69) is 69.4 Å². The molecule has 0 bridgehead atoms. The Bertz CT molecular complexity index is 1400. The molecule has 1 unspecified atom stereocenters. The van der Waals surface area contributed by atoms with E-state index >= 15 is 0 Å². The van der Waals surface area contributed by atoms with Gasteiger partial charge in [0.25, 0.3) is 0 Å². The highest BCUT2D eigenvalue weighted by Gasteiger charge is 2.19. The van der Waals surface area contributed by atoms with Gasteiger partial charge in [0.2, 0.25) is 0 Å². The molecule has 474 valence electrons. The van der Waals surface area contributed by atoms with Gasteiger partial charge in [-0.15, -0.1) is 0 Å². The zero-order chi connectivity index (χ0) is 58.5. The molecule has 0 amide bonds. The molecule has 0 rings (SSSR count). The average molecular weight is 1140 g/mol. The number of esters is 3. The van der Waals surface area contributed by atoms with Crippen LogP contribution in [0.1, 0.15) is 393 Å². The van der Waals surface area contributed by atoms with Crippen molar-refractivity contribution in [1.29, 1.82) is 0 Å². The molecule has 0 spiro atoms. The fraction of sp³-hybridized carbons (Fsp3) is 0.853. The Hall–Kier alpha value is -2.63. The van der Waals surface area contributed by atoms with Crippen molar-refractivity contribution in [2.45, 2.75) is 399 Å². The summed E-state index contributed by atoms with van der Waals surface area (Å²) in [6, 6.07) is 0. The molecule has 0 aromatic heterocycles. The highest BCUT2D eigenvalue weighted by Crippen LogP contribution is 2.18. The zero-order valence-electron chi connectivity index (χ0n) is 54.6. The van der Waals surface area contributed by atoms with Gasteiger partial charge in [-0.25, -0.2) is 0 Å². The normalized spacial score (nSPS) is 12.3. The smallest absolute Gasteiger partial charge is 0.306 e. The Morgan fingerprint density at radius 1 is 0.247 bits per heavy atom. The maximum atomic E-state index is 13.0. The maximum Gasteiger partial charge on any atom is 0.306 e. The van der Waals surface area contributed by atoms with E-state index in [0.29, 0.717) is 19.3 Å². The van der Waals surface area contributed by atoms with Crippen LogP contribution in [0.3, 0.4) is 0 Å². The third-order valence-corrected chi connectivity index (χ3v) is 16.3. The van der Waals surface area contributed by atoms with Gasteiger partial charge >= 0.3 is 17.9 Å². The van der Waals surface area contributed by atoms with Crippen molar-refractivity contribution in [2.75, 3.05) is 13.2 Å². The molecular formula is C75H138O6. The van der Waals surface area contributed by atoms with Crippen molar-refractivity contribution in [3.63, 3.8) is 0 Å². The van der Waals surface area contributed by atoms with Gasteiger partial charge in [0.1, 0.15) is 13.2 Å². The first-order chi connectivity index (χ1) is 40.0. The number of carbonyl (C=O) groups is 3. The second kappa shape index (κ2) is 69.9. The molecule has 0 saturated heterocycles. The first kappa shape index (κ1) is 78.4. The van der Waals surface area contributed by atoms with E-state index in [9.17, 15) is 14.4 Å². The largest absolute Gasteiger partial charge is 0.462 e. The van der Waals surface area contributed by atoms with Crippen LogP contribution in [-0.2, 0) is 28.6 Å². The molecule has 0 aliphatic heterocycles.